The SMILES string of the molecule is CCCC(=O)N[C@@H](c1cnn2cc([C@@H](NC(=O)c3cncc(CC)c3)C3CCC(F)(F)CC3)nc2c1)C1CC1. The number of alkyl halides is 2. The summed E-state index contributed by atoms with van der Waals surface area (Å²) in [6.07, 6.45) is 11.0. The smallest absolute Gasteiger partial charge is 0.253 e. The number of hydrogen-bond acceptors (Lipinski definition) is 5. The van der Waals surface area contributed by atoms with Crippen LogP contribution in [0.25, 0.3) is 5.65 Å². The van der Waals surface area contributed by atoms with Gasteiger partial charge in [-0.25, -0.2) is 18.3 Å². The number of carbonyl (C=O) groups excluding carboxylic acids is 2. The highest BCUT2D eigenvalue weighted by molar-refractivity contribution is 5.94. The molecule has 208 valence electrons. The number of halogens is 2. The second-order valence-electron chi connectivity index (χ2n) is 11.0. The van der Waals surface area contributed by atoms with Crippen LogP contribution in [0.2, 0.25) is 0 Å². The van der Waals surface area contributed by atoms with Crippen molar-refractivity contribution in [2.24, 2.45) is 11.8 Å². The molecule has 3 aromatic rings. The summed E-state index contributed by atoms with van der Waals surface area (Å²) in [5, 5.41) is 10.8. The van der Waals surface area contributed by atoms with Gasteiger partial charge in [0.2, 0.25) is 11.8 Å². The van der Waals surface area contributed by atoms with E-state index in [2.05, 4.69) is 20.7 Å². The Bertz CT molecular complexity index is 1330. The molecular formula is C29H36F2N6O2. The van der Waals surface area contributed by atoms with Gasteiger partial charge >= 0.3 is 0 Å². The fraction of sp³-hybridized carbons (Fsp3) is 0.552. The maximum atomic E-state index is 14.0. The lowest BCUT2D eigenvalue weighted by atomic mass is 9.81. The van der Waals surface area contributed by atoms with Crippen LogP contribution in [0.15, 0.2) is 36.9 Å². The zero-order valence-corrected chi connectivity index (χ0v) is 22.5. The Kier molecular flexibility index (Phi) is 7.91. The van der Waals surface area contributed by atoms with Gasteiger partial charge in [0, 0.05) is 31.7 Å². The topological polar surface area (TPSA) is 101 Å². The van der Waals surface area contributed by atoms with Crippen LogP contribution < -0.4 is 10.6 Å². The highest BCUT2D eigenvalue weighted by atomic mass is 19.3. The molecule has 0 aromatic carbocycles. The van der Waals surface area contributed by atoms with E-state index in [1.54, 1.807) is 29.2 Å². The van der Waals surface area contributed by atoms with Gasteiger partial charge in [0.25, 0.3) is 5.91 Å². The normalized spacial score (nSPS) is 19.0. The second kappa shape index (κ2) is 11.4. The minimum absolute atomic E-state index is 0.0248. The molecule has 3 aromatic heterocycles. The van der Waals surface area contributed by atoms with E-state index >= 15 is 0 Å². The molecule has 2 aliphatic rings. The first-order valence-corrected chi connectivity index (χ1v) is 14.0. The Labute approximate surface area is 227 Å². The van der Waals surface area contributed by atoms with Crippen molar-refractivity contribution in [2.75, 3.05) is 0 Å². The monoisotopic (exact) mass is 538 g/mol. The van der Waals surface area contributed by atoms with Crippen molar-refractivity contribution in [1.29, 1.82) is 0 Å². The van der Waals surface area contributed by atoms with Crippen molar-refractivity contribution >= 4 is 17.5 Å². The van der Waals surface area contributed by atoms with E-state index in [1.807, 2.05) is 19.9 Å². The van der Waals surface area contributed by atoms with Crippen LogP contribution in [0.4, 0.5) is 8.78 Å². The van der Waals surface area contributed by atoms with Gasteiger partial charge in [-0.05, 0) is 73.6 Å². The number of pyridine rings is 1. The summed E-state index contributed by atoms with van der Waals surface area (Å²) < 4.78 is 29.6. The molecule has 0 radical (unpaired) electrons. The van der Waals surface area contributed by atoms with Crippen molar-refractivity contribution in [2.45, 2.75) is 89.6 Å². The Morgan fingerprint density at radius 3 is 2.46 bits per heavy atom. The molecule has 3 heterocycles. The van der Waals surface area contributed by atoms with E-state index in [4.69, 9.17) is 4.98 Å². The molecule has 0 bridgehead atoms. The first-order valence-electron chi connectivity index (χ1n) is 14.0. The number of nitrogens with zero attached hydrogens (tertiary/aromatic N) is 4. The highest BCUT2D eigenvalue weighted by Crippen LogP contribution is 2.42. The van der Waals surface area contributed by atoms with Crippen LogP contribution in [0.1, 0.15) is 104 Å². The first kappa shape index (κ1) is 27.1. The number of imidazole rings is 1. The van der Waals surface area contributed by atoms with Crippen LogP contribution >= 0.6 is 0 Å². The average molecular weight is 539 g/mol. The molecule has 2 fully saturated rings. The number of carbonyl (C=O) groups is 2. The number of fused-ring (bicyclic) bond motifs is 1. The van der Waals surface area contributed by atoms with Gasteiger partial charge in [-0.3, -0.25) is 14.6 Å². The Balaban J connectivity index is 1.43. The Morgan fingerprint density at radius 1 is 1.03 bits per heavy atom. The summed E-state index contributed by atoms with van der Waals surface area (Å²) in [6, 6.07) is 3.06. The van der Waals surface area contributed by atoms with E-state index in [1.165, 1.54) is 6.20 Å². The lowest BCUT2D eigenvalue weighted by molar-refractivity contribution is -0.122. The molecule has 2 atom stereocenters. The van der Waals surface area contributed by atoms with E-state index in [-0.39, 0.29) is 49.5 Å². The van der Waals surface area contributed by atoms with Crippen LogP contribution in [0, 0.1) is 11.8 Å². The van der Waals surface area contributed by atoms with Crippen LogP contribution in [-0.4, -0.2) is 37.3 Å². The number of rotatable bonds is 10. The third kappa shape index (κ3) is 6.42. The van der Waals surface area contributed by atoms with Gasteiger partial charge in [-0.1, -0.05) is 13.8 Å². The zero-order chi connectivity index (χ0) is 27.6. The summed E-state index contributed by atoms with van der Waals surface area (Å²) >= 11 is 0. The molecular weight excluding hydrogens is 502 g/mol. The van der Waals surface area contributed by atoms with E-state index in [0.29, 0.717) is 29.2 Å². The quantitative estimate of drug-likeness (QED) is 0.362. The number of nitrogens with one attached hydrogen (secondary N) is 2. The number of amides is 2. The third-order valence-electron chi connectivity index (χ3n) is 7.91. The highest BCUT2D eigenvalue weighted by Gasteiger charge is 2.39. The summed E-state index contributed by atoms with van der Waals surface area (Å²) in [5.74, 6) is -2.77. The lowest BCUT2D eigenvalue weighted by Gasteiger charge is -2.33. The number of aryl methyl sites for hydroxylation is 1. The Hall–Kier alpha value is -3.43. The van der Waals surface area contributed by atoms with Crippen molar-refractivity contribution < 1.29 is 18.4 Å². The molecule has 2 N–H and O–H groups in total. The van der Waals surface area contributed by atoms with Gasteiger partial charge in [0.1, 0.15) is 0 Å². The zero-order valence-electron chi connectivity index (χ0n) is 22.5. The van der Waals surface area contributed by atoms with E-state index in [0.717, 1.165) is 36.8 Å². The second-order valence-corrected chi connectivity index (χ2v) is 11.0. The molecule has 8 nitrogen and oxygen atoms in total. The summed E-state index contributed by atoms with van der Waals surface area (Å²) in [7, 11) is 0. The molecule has 2 amide bonds. The predicted octanol–water partition coefficient (Wildman–Crippen LogP) is 5.35. The maximum Gasteiger partial charge on any atom is 0.253 e. The molecule has 0 unspecified atom stereocenters. The molecule has 39 heavy (non-hydrogen) atoms. The summed E-state index contributed by atoms with van der Waals surface area (Å²) in [5.41, 5.74) is 3.44. The van der Waals surface area contributed by atoms with Crippen molar-refractivity contribution in [3.05, 3.63) is 59.3 Å². The van der Waals surface area contributed by atoms with Crippen LogP contribution in [0.5, 0.6) is 0 Å². The molecule has 0 saturated heterocycles. The number of aromatic nitrogens is 4. The number of hydrogen-bond donors (Lipinski definition) is 2. The van der Waals surface area contributed by atoms with E-state index < -0.39 is 12.0 Å². The fourth-order valence-corrected chi connectivity index (χ4v) is 5.46. The summed E-state index contributed by atoms with van der Waals surface area (Å²) in [4.78, 5) is 34.6. The molecule has 0 aliphatic heterocycles. The lowest BCUT2D eigenvalue weighted by Crippen LogP contribution is -2.37. The first-order chi connectivity index (χ1) is 18.8. The van der Waals surface area contributed by atoms with Crippen molar-refractivity contribution in [1.82, 2.24) is 30.2 Å². The van der Waals surface area contributed by atoms with Crippen LogP contribution in [-0.2, 0) is 11.2 Å². The molecule has 5 rings (SSSR count). The van der Waals surface area contributed by atoms with Gasteiger partial charge in [-0.15, -0.1) is 0 Å². The van der Waals surface area contributed by atoms with E-state index in [9.17, 15) is 18.4 Å². The van der Waals surface area contributed by atoms with Crippen molar-refractivity contribution in [3.63, 3.8) is 0 Å². The largest absolute Gasteiger partial charge is 0.349 e. The Morgan fingerprint density at radius 2 is 1.77 bits per heavy atom. The standard InChI is InChI=1S/C29H36F2N6O2/c1-3-5-25(38)35-26(19-6-7-19)21-13-24-34-23(17-37(24)33-16-21)27(20-8-10-29(30,31)11-9-20)36-28(39)22-12-18(4-2)14-32-15-22/h12-17,19-20,26-27H,3-11H2,1-2H3,(H,35,38)(H,36,39)/t26-,27+/m1/s1. The van der Waals surface area contributed by atoms with Crippen LogP contribution in [0.3, 0.4) is 0 Å². The fourth-order valence-electron chi connectivity index (χ4n) is 5.46. The van der Waals surface area contributed by atoms with Crippen molar-refractivity contribution in [3.8, 4) is 0 Å². The predicted molar refractivity (Wildman–Crippen MR) is 142 cm³/mol. The minimum Gasteiger partial charge on any atom is -0.349 e. The van der Waals surface area contributed by atoms with Gasteiger partial charge in [-0.2, -0.15) is 5.10 Å². The molecule has 10 heteroatoms. The average Bonchev–Trinajstić information content (AvgIpc) is 3.68. The van der Waals surface area contributed by atoms with Gasteiger partial charge in [0.15, 0.2) is 5.65 Å². The molecule has 2 saturated carbocycles. The molecule has 0 spiro atoms. The minimum atomic E-state index is -2.68. The maximum absolute atomic E-state index is 14.0. The molecule has 2 aliphatic carbocycles. The van der Waals surface area contributed by atoms with Gasteiger partial charge < -0.3 is 10.6 Å². The third-order valence-corrected chi connectivity index (χ3v) is 7.91. The summed E-state index contributed by atoms with van der Waals surface area (Å²) in [6.45, 7) is 3.97. The van der Waals surface area contributed by atoms with Gasteiger partial charge in [0.05, 0.1) is 35.7 Å².